The van der Waals surface area contributed by atoms with Gasteiger partial charge in [-0.05, 0) is 37.0 Å². The van der Waals surface area contributed by atoms with Crippen LogP contribution in [-0.2, 0) is 0 Å². The highest BCUT2D eigenvalue weighted by atomic mass is 35.5. The third-order valence-electron chi connectivity index (χ3n) is 3.71. The van der Waals surface area contributed by atoms with E-state index >= 15 is 0 Å². The number of hydrogen-bond acceptors (Lipinski definition) is 2. The average Bonchev–Trinajstić information content (AvgIpc) is 2.32. The zero-order valence-corrected chi connectivity index (χ0v) is 11.2. The molecule has 3 heteroatoms. The van der Waals surface area contributed by atoms with Gasteiger partial charge in [0, 0.05) is 23.0 Å². The Hall–Kier alpha value is -0.730. The van der Waals surface area contributed by atoms with Gasteiger partial charge in [-0.15, -0.1) is 0 Å². The van der Waals surface area contributed by atoms with Gasteiger partial charge in [-0.1, -0.05) is 25.4 Å². The summed E-state index contributed by atoms with van der Waals surface area (Å²) in [7, 11) is 0. The van der Waals surface area contributed by atoms with Gasteiger partial charge in [0.25, 0.3) is 0 Å². The molecule has 0 bridgehead atoms. The second-order valence-electron chi connectivity index (χ2n) is 4.76. The Morgan fingerprint density at radius 3 is 2.76 bits per heavy atom. The van der Waals surface area contributed by atoms with Crippen molar-refractivity contribution in [1.29, 1.82) is 0 Å². The standard InChI is InChI=1S/C14H20ClNO/c1-3-9(4-2)14-8-12(16)11-7-10(15)5-6-13(11)17-14/h5-7,9,12,14H,3-4,8,16H2,1-2H3. The van der Waals surface area contributed by atoms with Crippen LogP contribution in [0, 0.1) is 5.92 Å². The molecule has 0 spiro atoms. The number of fused-ring (bicyclic) bond motifs is 1. The normalized spacial score (nSPS) is 23.4. The van der Waals surface area contributed by atoms with Crippen molar-refractivity contribution in [1.82, 2.24) is 0 Å². The van der Waals surface area contributed by atoms with Gasteiger partial charge in [0.15, 0.2) is 0 Å². The number of hydrogen-bond donors (Lipinski definition) is 1. The van der Waals surface area contributed by atoms with Crippen LogP contribution < -0.4 is 10.5 Å². The van der Waals surface area contributed by atoms with E-state index < -0.39 is 0 Å². The summed E-state index contributed by atoms with van der Waals surface area (Å²) >= 11 is 5.98. The van der Waals surface area contributed by atoms with Gasteiger partial charge < -0.3 is 10.5 Å². The number of nitrogens with two attached hydrogens (primary N) is 1. The van der Waals surface area contributed by atoms with Crippen molar-refractivity contribution in [3.05, 3.63) is 28.8 Å². The summed E-state index contributed by atoms with van der Waals surface area (Å²) in [6, 6.07) is 5.77. The molecule has 0 aliphatic carbocycles. The molecule has 2 unspecified atom stereocenters. The predicted octanol–water partition coefficient (Wildman–Crippen LogP) is 3.93. The van der Waals surface area contributed by atoms with Gasteiger partial charge in [0.2, 0.25) is 0 Å². The van der Waals surface area contributed by atoms with Crippen molar-refractivity contribution in [2.24, 2.45) is 11.7 Å². The summed E-state index contributed by atoms with van der Waals surface area (Å²) < 4.78 is 6.06. The maximum absolute atomic E-state index is 6.21. The van der Waals surface area contributed by atoms with E-state index in [-0.39, 0.29) is 12.1 Å². The first-order chi connectivity index (χ1) is 8.15. The Kier molecular flexibility index (Phi) is 3.95. The van der Waals surface area contributed by atoms with Gasteiger partial charge in [-0.3, -0.25) is 0 Å². The Balaban J connectivity index is 2.24. The van der Waals surface area contributed by atoms with Gasteiger partial charge in [-0.25, -0.2) is 0 Å². The molecule has 0 saturated heterocycles. The zero-order chi connectivity index (χ0) is 12.4. The molecule has 94 valence electrons. The zero-order valence-electron chi connectivity index (χ0n) is 10.4. The van der Waals surface area contributed by atoms with Crippen molar-refractivity contribution in [3.8, 4) is 5.75 Å². The number of benzene rings is 1. The molecule has 2 nitrogen and oxygen atoms in total. The molecule has 1 aliphatic heterocycles. The van der Waals surface area contributed by atoms with Gasteiger partial charge in [0.1, 0.15) is 11.9 Å². The Bertz CT molecular complexity index is 390. The first-order valence-corrected chi connectivity index (χ1v) is 6.75. The van der Waals surface area contributed by atoms with Crippen LogP contribution in [0.5, 0.6) is 5.75 Å². The first kappa shape index (κ1) is 12.7. The molecule has 0 saturated carbocycles. The molecular formula is C14H20ClNO. The van der Waals surface area contributed by atoms with Gasteiger partial charge in [-0.2, -0.15) is 0 Å². The minimum Gasteiger partial charge on any atom is -0.490 e. The SMILES string of the molecule is CCC(CC)C1CC(N)c2cc(Cl)ccc2O1. The largest absolute Gasteiger partial charge is 0.490 e. The first-order valence-electron chi connectivity index (χ1n) is 6.37. The molecule has 0 amide bonds. The van der Waals surface area contributed by atoms with Gasteiger partial charge in [0.05, 0.1) is 0 Å². The molecule has 2 rings (SSSR count). The number of ether oxygens (including phenoxy) is 1. The molecule has 1 aromatic carbocycles. The Labute approximate surface area is 108 Å². The lowest BCUT2D eigenvalue weighted by molar-refractivity contribution is 0.0944. The molecule has 17 heavy (non-hydrogen) atoms. The fourth-order valence-corrected chi connectivity index (χ4v) is 2.79. The van der Waals surface area contributed by atoms with E-state index in [2.05, 4.69) is 13.8 Å². The lowest BCUT2D eigenvalue weighted by Gasteiger charge is -2.34. The fraction of sp³-hybridized carbons (Fsp3) is 0.571. The Morgan fingerprint density at radius 2 is 2.12 bits per heavy atom. The van der Waals surface area contributed by atoms with Crippen LogP contribution in [0.1, 0.15) is 44.7 Å². The van der Waals surface area contributed by atoms with Crippen LogP contribution in [0.3, 0.4) is 0 Å². The molecule has 1 aromatic rings. The molecule has 1 heterocycles. The summed E-state index contributed by atoms with van der Waals surface area (Å²) in [5.74, 6) is 1.50. The summed E-state index contributed by atoms with van der Waals surface area (Å²) in [6.07, 6.45) is 3.40. The number of halogens is 1. The van der Waals surface area contributed by atoms with Crippen molar-refractivity contribution in [2.75, 3.05) is 0 Å². The van der Waals surface area contributed by atoms with Gasteiger partial charge >= 0.3 is 0 Å². The van der Waals surface area contributed by atoms with E-state index in [1.54, 1.807) is 0 Å². The lowest BCUT2D eigenvalue weighted by atomic mass is 9.87. The van der Waals surface area contributed by atoms with Crippen molar-refractivity contribution in [2.45, 2.75) is 45.3 Å². The molecule has 0 radical (unpaired) electrons. The number of rotatable bonds is 3. The minimum absolute atomic E-state index is 0.0445. The minimum atomic E-state index is 0.0445. The maximum Gasteiger partial charge on any atom is 0.124 e. The third-order valence-corrected chi connectivity index (χ3v) is 3.95. The lowest BCUT2D eigenvalue weighted by Crippen LogP contribution is -2.34. The summed E-state index contributed by atoms with van der Waals surface area (Å²) in [4.78, 5) is 0. The molecular weight excluding hydrogens is 234 g/mol. The van der Waals surface area contributed by atoms with E-state index in [4.69, 9.17) is 22.1 Å². The van der Waals surface area contributed by atoms with Crippen LogP contribution in [0.25, 0.3) is 0 Å². The monoisotopic (exact) mass is 253 g/mol. The summed E-state index contributed by atoms with van der Waals surface area (Å²) in [5, 5.41) is 0.726. The Morgan fingerprint density at radius 1 is 1.41 bits per heavy atom. The van der Waals surface area contributed by atoms with E-state index in [9.17, 15) is 0 Å². The average molecular weight is 254 g/mol. The van der Waals surface area contributed by atoms with Crippen LogP contribution in [0.4, 0.5) is 0 Å². The van der Waals surface area contributed by atoms with E-state index in [1.807, 2.05) is 18.2 Å². The van der Waals surface area contributed by atoms with E-state index in [1.165, 1.54) is 0 Å². The molecule has 1 aliphatic rings. The highest BCUT2D eigenvalue weighted by Crippen LogP contribution is 2.38. The van der Waals surface area contributed by atoms with Crippen molar-refractivity contribution < 1.29 is 4.74 Å². The highest BCUT2D eigenvalue weighted by molar-refractivity contribution is 6.30. The van der Waals surface area contributed by atoms with E-state index in [0.29, 0.717) is 5.92 Å². The fourth-order valence-electron chi connectivity index (χ4n) is 2.61. The molecule has 2 atom stereocenters. The van der Waals surface area contributed by atoms with Crippen LogP contribution in [0.15, 0.2) is 18.2 Å². The second-order valence-corrected chi connectivity index (χ2v) is 5.19. The van der Waals surface area contributed by atoms with Crippen molar-refractivity contribution in [3.63, 3.8) is 0 Å². The second kappa shape index (κ2) is 5.28. The van der Waals surface area contributed by atoms with Crippen LogP contribution >= 0.6 is 11.6 Å². The van der Waals surface area contributed by atoms with Crippen LogP contribution in [0.2, 0.25) is 5.02 Å². The quantitative estimate of drug-likeness (QED) is 0.886. The van der Waals surface area contributed by atoms with Crippen LogP contribution in [-0.4, -0.2) is 6.10 Å². The third kappa shape index (κ3) is 2.58. The van der Waals surface area contributed by atoms with Crippen molar-refractivity contribution >= 4 is 11.6 Å². The summed E-state index contributed by atoms with van der Waals surface area (Å²) in [6.45, 7) is 4.42. The molecule has 2 N–H and O–H groups in total. The smallest absolute Gasteiger partial charge is 0.124 e. The maximum atomic E-state index is 6.21. The topological polar surface area (TPSA) is 35.2 Å². The highest BCUT2D eigenvalue weighted by Gasteiger charge is 2.30. The molecule has 0 fully saturated rings. The molecule has 0 aromatic heterocycles. The van der Waals surface area contributed by atoms with E-state index in [0.717, 1.165) is 35.6 Å². The predicted molar refractivity (Wildman–Crippen MR) is 71.5 cm³/mol. The summed E-state index contributed by atoms with van der Waals surface area (Å²) in [5.41, 5.74) is 7.26.